The fourth-order valence-electron chi connectivity index (χ4n) is 3.08. The second kappa shape index (κ2) is 7.34. The first-order chi connectivity index (χ1) is 12.3. The number of carbonyl (C=O) groups excluding carboxylic acids is 1. The van der Waals surface area contributed by atoms with Crippen LogP contribution in [0.5, 0.6) is 0 Å². The van der Waals surface area contributed by atoms with Crippen molar-refractivity contribution in [2.45, 2.75) is 30.7 Å². The Morgan fingerprint density at radius 1 is 1.23 bits per heavy atom. The maximum absolute atomic E-state index is 13.3. The molecule has 1 N–H and O–H groups in total. The van der Waals surface area contributed by atoms with Gasteiger partial charge in [0.1, 0.15) is 11.9 Å². The lowest BCUT2D eigenvalue weighted by atomic mass is 10.2. The van der Waals surface area contributed by atoms with Crippen LogP contribution in [-0.4, -0.2) is 31.2 Å². The van der Waals surface area contributed by atoms with Crippen LogP contribution in [0.25, 0.3) is 0 Å². The smallest absolute Gasteiger partial charge is 0.244 e. The van der Waals surface area contributed by atoms with Gasteiger partial charge in [-0.3, -0.25) is 4.79 Å². The Balaban J connectivity index is 1.84. The third-order valence-corrected chi connectivity index (χ3v) is 6.66. The molecular formula is C18H18ClFN2O3S. The van der Waals surface area contributed by atoms with Crippen molar-refractivity contribution in [3.05, 3.63) is 58.9 Å². The van der Waals surface area contributed by atoms with Crippen molar-refractivity contribution in [1.82, 2.24) is 4.31 Å². The Morgan fingerprint density at radius 3 is 2.58 bits per heavy atom. The molecule has 1 atom stereocenters. The van der Waals surface area contributed by atoms with E-state index in [0.29, 0.717) is 29.1 Å². The molecule has 1 amide bonds. The second-order valence-electron chi connectivity index (χ2n) is 6.18. The highest BCUT2D eigenvalue weighted by Crippen LogP contribution is 2.29. The van der Waals surface area contributed by atoms with E-state index in [-0.39, 0.29) is 11.4 Å². The minimum Gasteiger partial charge on any atom is -0.325 e. The monoisotopic (exact) mass is 396 g/mol. The molecule has 1 saturated heterocycles. The Morgan fingerprint density at radius 2 is 1.92 bits per heavy atom. The van der Waals surface area contributed by atoms with Gasteiger partial charge in [0.05, 0.1) is 4.90 Å². The molecule has 5 nitrogen and oxygen atoms in total. The fourth-order valence-corrected chi connectivity index (χ4v) is 5.07. The Labute approximate surface area is 156 Å². The van der Waals surface area contributed by atoms with Gasteiger partial charge in [-0.2, -0.15) is 4.31 Å². The summed E-state index contributed by atoms with van der Waals surface area (Å²) >= 11 is 5.83. The molecule has 8 heteroatoms. The molecule has 1 heterocycles. The molecule has 1 aliphatic rings. The molecule has 0 bridgehead atoms. The number of nitrogens with zero attached hydrogens (tertiary/aromatic N) is 1. The predicted molar refractivity (Wildman–Crippen MR) is 98.1 cm³/mol. The largest absolute Gasteiger partial charge is 0.325 e. The van der Waals surface area contributed by atoms with Crippen LogP contribution in [0.15, 0.2) is 47.4 Å². The first-order valence-electron chi connectivity index (χ1n) is 8.13. The number of nitrogens with one attached hydrogen (secondary N) is 1. The normalized spacial score (nSPS) is 18.0. The van der Waals surface area contributed by atoms with Gasteiger partial charge in [-0.15, -0.1) is 0 Å². The highest BCUT2D eigenvalue weighted by molar-refractivity contribution is 7.89. The first kappa shape index (κ1) is 18.8. The van der Waals surface area contributed by atoms with Crippen LogP contribution >= 0.6 is 11.6 Å². The average molecular weight is 397 g/mol. The predicted octanol–water partition coefficient (Wildman–Crippen LogP) is 3.58. The van der Waals surface area contributed by atoms with Crippen molar-refractivity contribution in [3.8, 4) is 0 Å². The molecule has 0 aromatic heterocycles. The molecule has 1 fully saturated rings. The van der Waals surface area contributed by atoms with Gasteiger partial charge in [0.25, 0.3) is 0 Å². The van der Waals surface area contributed by atoms with E-state index in [9.17, 15) is 17.6 Å². The third kappa shape index (κ3) is 3.75. The standard InChI is InChI=1S/C18H18ClFN2O3S/c1-12-11-14(20)6-9-17(12)26(24,25)22-10-2-3-16(22)18(23)21-15-7-4-13(19)5-8-15/h4-9,11,16H,2-3,10H2,1H3,(H,21,23)/t16-/m0/s1. The summed E-state index contributed by atoms with van der Waals surface area (Å²) < 4.78 is 40.5. The number of aryl methyl sites for hydroxylation is 1. The Hall–Kier alpha value is -1.96. The molecule has 2 aromatic carbocycles. The van der Waals surface area contributed by atoms with E-state index >= 15 is 0 Å². The summed E-state index contributed by atoms with van der Waals surface area (Å²) in [7, 11) is -3.89. The number of hydrogen-bond donors (Lipinski definition) is 1. The van der Waals surface area contributed by atoms with E-state index in [1.54, 1.807) is 24.3 Å². The Bertz CT molecular complexity index is 932. The second-order valence-corrected chi connectivity index (χ2v) is 8.48. The van der Waals surface area contributed by atoms with Crippen LogP contribution in [0.1, 0.15) is 18.4 Å². The SMILES string of the molecule is Cc1cc(F)ccc1S(=O)(=O)N1CCC[C@H]1C(=O)Nc1ccc(Cl)cc1. The zero-order chi connectivity index (χ0) is 18.9. The summed E-state index contributed by atoms with van der Waals surface area (Å²) in [6.45, 7) is 1.78. The summed E-state index contributed by atoms with van der Waals surface area (Å²) in [5.74, 6) is -0.895. The summed E-state index contributed by atoms with van der Waals surface area (Å²) in [6.07, 6.45) is 1.01. The van der Waals surface area contributed by atoms with Crippen LogP contribution < -0.4 is 5.32 Å². The minimum absolute atomic E-state index is 0.0186. The van der Waals surface area contributed by atoms with E-state index in [2.05, 4.69) is 5.32 Å². The number of hydrogen-bond acceptors (Lipinski definition) is 3. The van der Waals surface area contributed by atoms with Crippen molar-refractivity contribution < 1.29 is 17.6 Å². The van der Waals surface area contributed by atoms with Gasteiger partial charge in [-0.25, -0.2) is 12.8 Å². The number of benzene rings is 2. The lowest BCUT2D eigenvalue weighted by Crippen LogP contribution is -2.43. The zero-order valence-electron chi connectivity index (χ0n) is 14.1. The van der Waals surface area contributed by atoms with Gasteiger partial charge >= 0.3 is 0 Å². The molecule has 2 aromatic rings. The molecular weight excluding hydrogens is 379 g/mol. The molecule has 0 aliphatic carbocycles. The third-order valence-electron chi connectivity index (χ3n) is 4.34. The van der Waals surface area contributed by atoms with Gasteiger partial charge < -0.3 is 5.32 Å². The zero-order valence-corrected chi connectivity index (χ0v) is 15.6. The van der Waals surface area contributed by atoms with E-state index in [0.717, 1.165) is 6.07 Å². The fraction of sp³-hybridized carbons (Fsp3) is 0.278. The van der Waals surface area contributed by atoms with E-state index in [1.165, 1.54) is 23.4 Å². The molecule has 26 heavy (non-hydrogen) atoms. The maximum atomic E-state index is 13.3. The van der Waals surface area contributed by atoms with Gasteiger partial charge in [0, 0.05) is 17.3 Å². The first-order valence-corrected chi connectivity index (χ1v) is 9.95. The van der Waals surface area contributed by atoms with Crippen LogP contribution in [0.4, 0.5) is 10.1 Å². The summed E-state index contributed by atoms with van der Waals surface area (Å²) in [6, 6.07) is 9.30. The van der Waals surface area contributed by atoms with Crippen molar-refractivity contribution in [2.24, 2.45) is 0 Å². The van der Waals surface area contributed by atoms with Crippen LogP contribution in [-0.2, 0) is 14.8 Å². The van der Waals surface area contributed by atoms with Crippen molar-refractivity contribution in [1.29, 1.82) is 0 Å². The van der Waals surface area contributed by atoms with Gasteiger partial charge in [0.2, 0.25) is 15.9 Å². The summed E-state index contributed by atoms with van der Waals surface area (Å²) in [4.78, 5) is 12.6. The molecule has 0 radical (unpaired) electrons. The van der Waals surface area contributed by atoms with Crippen molar-refractivity contribution >= 4 is 33.2 Å². The lowest BCUT2D eigenvalue weighted by molar-refractivity contribution is -0.119. The minimum atomic E-state index is -3.89. The molecule has 138 valence electrons. The van der Waals surface area contributed by atoms with Crippen LogP contribution in [0.3, 0.4) is 0 Å². The highest BCUT2D eigenvalue weighted by Gasteiger charge is 2.40. The van der Waals surface area contributed by atoms with Gasteiger partial charge in [-0.05, 0) is 67.8 Å². The molecule has 0 saturated carbocycles. The lowest BCUT2D eigenvalue weighted by Gasteiger charge is -2.24. The Kier molecular flexibility index (Phi) is 5.32. The van der Waals surface area contributed by atoms with Crippen molar-refractivity contribution in [3.63, 3.8) is 0 Å². The highest BCUT2D eigenvalue weighted by atomic mass is 35.5. The number of carbonyl (C=O) groups is 1. The van der Waals surface area contributed by atoms with Gasteiger partial charge in [-0.1, -0.05) is 11.6 Å². The summed E-state index contributed by atoms with van der Waals surface area (Å²) in [5, 5.41) is 3.27. The topological polar surface area (TPSA) is 66.5 Å². The molecule has 0 spiro atoms. The number of anilines is 1. The van der Waals surface area contributed by atoms with E-state index in [1.807, 2.05) is 0 Å². The van der Waals surface area contributed by atoms with Crippen LogP contribution in [0, 0.1) is 12.7 Å². The number of sulfonamides is 1. The quantitative estimate of drug-likeness (QED) is 0.858. The number of amides is 1. The van der Waals surface area contributed by atoms with E-state index < -0.39 is 27.8 Å². The molecule has 1 aliphatic heterocycles. The van der Waals surface area contributed by atoms with Crippen molar-refractivity contribution in [2.75, 3.05) is 11.9 Å². The van der Waals surface area contributed by atoms with Gasteiger partial charge in [0.15, 0.2) is 0 Å². The molecule has 0 unspecified atom stereocenters. The van der Waals surface area contributed by atoms with Crippen LogP contribution in [0.2, 0.25) is 5.02 Å². The molecule has 3 rings (SSSR count). The maximum Gasteiger partial charge on any atom is 0.244 e. The number of rotatable bonds is 4. The number of halogens is 2. The summed E-state index contributed by atoms with van der Waals surface area (Å²) in [5.41, 5.74) is 0.857. The van der Waals surface area contributed by atoms with E-state index in [4.69, 9.17) is 11.6 Å². The average Bonchev–Trinajstić information content (AvgIpc) is 3.07.